The van der Waals surface area contributed by atoms with E-state index in [4.69, 9.17) is 4.74 Å². The van der Waals surface area contributed by atoms with Gasteiger partial charge in [-0.05, 0) is 38.1 Å². The summed E-state index contributed by atoms with van der Waals surface area (Å²) < 4.78 is 57.1. The zero-order chi connectivity index (χ0) is 20.9. The topological polar surface area (TPSA) is 75.7 Å². The second-order valence-corrected chi connectivity index (χ2v) is 8.15. The van der Waals surface area contributed by atoms with Crippen molar-refractivity contribution in [3.8, 4) is 5.75 Å². The number of carbonyl (C=O) groups is 1. The molecule has 152 valence electrons. The van der Waals surface area contributed by atoms with Crippen LogP contribution in [-0.2, 0) is 14.8 Å². The third-order valence-corrected chi connectivity index (χ3v) is 5.18. The highest BCUT2D eigenvalue weighted by molar-refractivity contribution is 7.92. The summed E-state index contributed by atoms with van der Waals surface area (Å²) in [5, 5.41) is 2.57. The minimum atomic E-state index is -3.92. The summed E-state index contributed by atoms with van der Waals surface area (Å²) in [6.07, 6.45) is 0.887. The van der Waals surface area contributed by atoms with Crippen LogP contribution in [0.25, 0.3) is 0 Å². The maximum absolute atomic E-state index is 13.5. The zero-order valence-corrected chi connectivity index (χ0v) is 16.6. The number of carbonyl (C=O) groups excluding carboxylic acids is 1. The van der Waals surface area contributed by atoms with E-state index in [1.54, 1.807) is 12.1 Å². The first-order valence-corrected chi connectivity index (χ1v) is 10.4. The number of halogens is 2. The van der Waals surface area contributed by atoms with Gasteiger partial charge >= 0.3 is 0 Å². The Balaban J connectivity index is 2.01. The summed E-state index contributed by atoms with van der Waals surface area (Å²) in [4.78, 5) is 12.4. The lowest BCUT2D eigenvalue weighted by molar-refractivity contribution is -0.121. The number of anilines is 1. The summed E-state index contributed by atoms with van der Waals surface area (Å²) in [5.74, 6) is -2.26. The smallest absolute Gasteiger partial charge is 0.243 e. The Morgan fingerprint density at radius 2 is 1.79 bits per heavy atom. The van der Waals surface area contributed by atoms with Crippen molar-refractivity contribution in [3.05, 3.63) is 59.7 Å². The first-order chi connectivity index (χ1) is 13.1. The lowest BCUT2D eigenvalue weighted by Crippen LogP contribution is -2.48. The first kappa shape index (κ1) is 21.6. The monoisotopic (exact) mass is 412 g/mol. The van der Waals surface area contributed by atoms with E-state index in [1.807, 2.05) is 19.1 Å². The molecule has 1 amide bonds. The van der Waals surface area contributed by atoms with Gasteiger partial charge in [-0.2, -0.15) is 0 Å². The van der Waals surface area contributed by atoms with E-state index in [0.29, 0.717) is 5.75 Å². The first-order valence-electron chi connectivity index (χ1n) is 8.51. The highest BCUT2D eigenvalue weighted by Gasteiger charge is 2.29. The Hall–Kier alpha value is -2.68. The average Bonchev–Trinajstić information content (AvgIpc) is 2.62. The number of hydrogen-bond acceptors (Lipinski definition) is 4. The van der Waals surface area contributed by atoms with Crippen LogP contribution in [0.4, 0.5) is 14.5 Å². The quantitative estimate of drug-likeness (QED) is 0.677. The van der Waals surface area contributed by atoms with Gasteiger partial charge in [0.25, 0.3) is 0 Å². The number of nitrogens with one attached hydrogen (secondary N) is 1. The number of benzene rings is 2. The van der Waals surface area contributed by atoms with Gasteiger partial charge in [0, 0.05) is 6.07 Å². The number of nitrogens with zero attached hydrogens (tertiary/aromatic N) is 1. The van der Waals surface area contributed by atoms with Crippen molar-refractivity contribution in [1.29, 1.82) is 0 Å². The standard InChI is InChI=1S/C19H22F2N2O4S/c1-13-4-7-16(8-5-13)27-11-10-22-19(24)14(2)23(28(3,25)26)15-6-9-17(20)18(21)12-15/h4-9,12,14H,10-11H2,1-3H3,(H,22,24). The Kier molecular flexibility index (Phi) is 6.95. The third-order valence-electron chi connectivity index (χ3n) is 3.94. The van der Waals surface area contributed by atoms with Crippen LogP contribution < -0.4 is 14.4 Å². The molecule has 0 saturated carbocycles. The molecule has 0 heterocycles. The minimum absolute atomic E-state index is 0.139. The van der Waals surface area contributed by atoms with Gasteiger partial charge in [-0.25, -0.2) is 17.2 Å². The van der Waals surface area contributed by atoms with Crippen LogP contribution in [0.2, 0.25) is 0 Å². The highest BCUT2D eigenvalue weighted by Crippen LogP contribution is 2.23. The van der Waals surface area contributed by atoms with Gasteiger partial charge in [0.2, 0.25) is 15.9 Å². The molecule has 0 bridgehead atoms. The molecule has 2 aromatic rings. The lowest BCUT2D eigenvalue weighted by Gasteiger charge is -2.28. The van der Waals surface area contributed by atoms with Crippen LogP contribution in [0.15, 0.2) is 42.5 Å². The van der Waals surface area contributed by atoms with Crippen LogP contribution in [0.3, 0.4) is 0 Å². The van der Waals surface area contributed by atoms with Crippen molar-refractivity contribution in [1.82, 2.24) is 5.32 Å². The second kappa shape index (κ2) is 9.01. The molecule has 28 heavy (non-hydrogen) atoms. The predicted molar refractivity (Wildman–Crippen MR) is 103 cm³/mol. The summed E-state index contributed by atoms with van der Waals surface area (Å²) >= 11 is 0. The van der Waals surface area contributed by atoms with Crippen LogP contribution in [0.5, 0.6) is 5.75 Å². The fourth-order valence-corrected chi connectivity index (χ4v) is 3.72. The number of ether oxygens (including phenoxy) is 1. The van der Waals surface area contributed by atoms with Crippen LogP contribution >= 0.6 is 0 Å². The molecule has 2 rings (SSSR count). The van der Waals surface area contributed by atoms with E-state index in [1.165, 1.54) is 6.92 Å². The largest absolute Gasteiger partial charge is 0.492 e. The van der Waals surface area contributed by atoms with Crippen molar-refractivity contribution in [3.63, 3.8) is 0 Å². The van der Waals surface area contributed by atoms with Gasteiger partial charge in [0.05, 0.1) is 18.5 Å². The Morgan fingerprint density at radius 1 is 1.14 bits per heavy atom. The third kappa shape index (κ3) is 5.66. The highest BCUT2D eigenvalue weighted by atomic mass is 32.2. The predicted octanol–water partition coefficient (Wildman–Crippen LogP) is 2.62. The summed E-state index contributed by atoms with van der Waals surface area (Å²) in [6, 6.07) is 8.86. The molecular weight excluding hydrogens is 390 g/mol. The molecule has 2 aromatic carbocycles. The van der Waals surface area contributed by atoms with E-state index < -0.39 is 33.6 Å². The van der Waals surface area contributed by atoms with Crippen LogP contribution in [-0.4, -0.2) is 39.8 Å². The van der Waals surface area contributed by atoms with Gasteiger partial charge in [-0.3, -0.25) is 9.10 Å². The van der Waals surface area contributed by atoms with Crippen molar-refractivity contribution in [2.45, 2.75) is 19.9 Å². The molecule has 1 N–H and O–H groups in total. The normalized spacial score (nSPS) is 12.3. The van der Waals surface area contributed by atoms with Gasteiger partial charge in [0.1, 0.15) is 18.4 Å². The second-order valence-electron chi connectivity index (χ2n) is 6.29. The molecule has 0 fully saturated rings. The molecule has 1 atom stereocenters. The van der Waals surface area contributed by atoms with Gasteiger partial charge in [-0.15, -0.1) is 0 Å². The number of hydrogen-bond donors (Lipinski definition) is 1. The maximum Gasteiger partial charge on any atom is 0.243 e. The fraction of sp³-hybridized carbons (Fsp3) is 0.316. The molecule has 0 aliphatic rings. The number of rotatable bonds is 8. The zero-order valence-electron chi connectivity index (χ0n) is 15.8. The number of sulfonamides is 1. The summed E-state index contributed by atoms with van der Waals surface area (Å²) in [6.45, 7) is 3.64. The van der Waals surface area contributed by atoms with E-state index in [0.717, 1.165) is 34.3 Å². The Labute approximate surface area is 163 Å². The van der Waals surface area contributed by atoms with Crippen LogP contribution in [0.1, 0.15) is 12.5 Å². The number of aryl methyl sites for hydroxylation is 1. The van der Waals surface area contributed by atoms with Crippen molar-refractivity contribution in [2.24, 2.45) is 0 Å². The number of amides is 1. The maximum atomic E-state index is 13.5. The molecule has 0 radical (unpaired) electrons. The fourth-order valence-electron chi connectivity index (χ4n) is 2.56. The Morgan fingerprint density at radius 3 is 2.36 bits per heavy atom. The molecule has 0 spiro atoms. The van der Waals surface area contributed by atoms with Gasteiger partial charge in [0.15, 0.2) is 11.6 Å². The molecular formula is C19H22F2N2O4S. The molecule has 0 aliphatic carbocycles. The lowest BCUT2D eigenvalue weighted by atomic mass is 10.2. The van der Waals surface area contributed by atoms with Crippen molar-refractivity contribution >= 4 is 21.6 Å². The van der Waals surface area contributed by atoms with Gasteiger partial charge < -0.3 is 10.1 Å². The van der Waals surface area contributed by atoms with Crippen LogP contribution in [0, 0.1) is 18.6 Å². The van der Waals surface area contributed by atoms with E-state index in [9.17, 15) is 22.0 Å². The molecule has 9 heteroatoms. The molecule has 0 aliphatic heterocycles. The summed E-state index contributed by atoms with van der Waals surface area (Å²) in [5.41, 5.74) is 0.951. The van der Waals surface area contributed by atoms with Crippen molar-refractivity contribution in [2.75, 3.05) is 23.7 Å². The molecule has 1 unspecified atom stereocenters. The SMILES string of the molecule is Cc1ccc(OCCNC(=O)C(C)N(c2ccc(F)c(F)c2)S(C)(=O)=O)cc1. The van der Waals surface area contributed by atoms with E-state index in [-0.39, 0.29) is 18.8 Å². The molecule has 0 aromatic heterocycles. The average molecular weight is 412 g/mol. The van der Waals surface area contributed by atoms with Crippen molar-refractivity contribution < 1.29 is 26.7 Å². The van der Waals surface area contributed by atoms with E-state index in [2.05, 4.69) is 5.32 Å². The molecule has 0 saturated heterocycles. The van der Waals surface area contributed by atoms with E-state index >= 15 is 0 Å². The summed E-state index contributed by atoms with van der Waals surface area (Å²) in [7, 11) is -3.92. The molecule has 6 nitrogen and oxygen atoms in total. The minimum Gasteiger partial charge on any atom is -0.492 e. The Bertz CT molecular complexity index is 933. The van der Waals surface area contributed by atoms with Gasteiger partial charge in [-0.1, -0.05) is 17.7 Å².